The summed E-state index contributed by atoms with van der Waals surface area (Å²) >= 11 is 1.81. The summed E-state index contributed by atoms with van der Waals surface area (Å²) in [4.78, 5) is 13.4. The normalized spacial score (nSPS) is 24.1. The molecule has 2 N–H and O–H groups in total. The van der Waals surface area contributed by atoms with Gasteiger partial charge in [0.05, 0.1) is 6.10 Å². The van der Waals surface area contributed by atoms with Crippen LogP contribution in [-0.2, 0) is 10.2 Å². The van der Waals surface area contributed by atoms with Crippen LogP contribution in [0.2, 0.25) is 0 Å². The van der Waals surface area contributed by atoms with Gasteiger partial charge >= 0.3 is 6.03 Å². The number of amides is 2. The summed E-state index contributed by atoms with van der Waals surface area (Å²) < 4.78 is 5.52. The lowest BCUT2D eigenvalue weighted by Crippen LogP contribution is -2.45. The maximum atomic E-state index is 12.0. The fraction of sp³-hybridized carbons (Fsp3) is 0.688. The van der Waals surface area contributed by atoms with E-state index in [0.29, 0.717) is 6.54 Å². The topological polar surface area (TPSA) is 50.4 Å². The Morgan fingerprint density at radius 2 is 2.19 bits per heavy atom. The average Bonchev–Trinajstić information content (AvgIpc) is 3.25. The number of ether oxygens (including phenoxy) is 1. The van der Waals surface area contributed by atoms with Gasteiger partial charge in [-0.05, 0) is 37.1 Å². The Bertz CT molecular complexity index is 449. The van der Waals surface area contributed by atoms with Crippen molar-refractivity contribution in [2.45, 2.75) is 50.0 Å². The number of thiophene rings is 1. The number of hydrogen-bond donors (Lipinski definition) is 2. The Kier molecular flexibility index (Phi) is 4.80. The van der Waals surface area contributed by atoms with Crippen molar-refractivity contribution in [1.29, 1.82) is 0 Å². The zero-order valence-corrected chi connectivity index (χ0v) is 13.2. The zero-order valence-electron chi connectivity index (χ0n) is 12.4. The van der Waals surface area contributed by atoms with Gasteiger partial charge in [-0.15, -0.1) is 11.3 Å². The lowest BCUT2D eigenvalue weighted by atomic mass is 9.84. The number of hydrogen-bond acceptors (Lipinski definition) is 3. The standard InChI is InChI=1S/C16H24N2O2S/c19-15(17-11-13-5-3-9-20-13)18-12-16(7-1-2-8-16)14-6-4-10-21-14/h4,6,10,13H,1-3,5,7-9,11-12H2,(H2,17,18,19)/t13-/m1/s1. The highest BCUT2D eigenvalue weighted by Gasteiger charge is 2.36. The monoisotopic (exact) mass is 308 g/mol. The Labute approximate surface area is 130 Å². The summed E-state index contributed by atoms with van der Waals surface area (Å²) in [5, 5.41) is 8.15. The van der Waals surface area contributed by atoms with Crippen molar-refractivity contribution >= 4 is 17.4 Å². The van der Waals surface area contributed by atoms with Gasteiger partial charge in [0, 0.05) is 30.0 Å². The second-order valence-corrected chi connectivity index (χ2v) is 7.11. The second-order valence-electron chi connectivity index (χ2n) is 6.16. The van der Waals surface area contributed by atoms with Gasteiger partial charge in [-0.2, -0.15) is 0 Å². The number of carbonyl (C=O) groups is 1. The van der Waals surface area contributed by atoms with Gasteiger partial charge in [0.15, 0.2) is 0 Å². The van der Waals surface area contributed by atoms with Crippen molar-refractivity contribution in [3.8, 4) is 0 Å². The molecular weight excluding hydrogens is 284 g/mol. The van der Waals surface area contributed by atoms with E-state index in [1.165, 1.54) is 30.6 Å². The van der Waals surface area contributed by atoms with Crippen LogP contribution in [0.3, 0.4) is 0 Å². The van der Waals surface area contributed by atoms with E-state index in [2.05, 4.69) is 28.1 Å². The molecule has 1 atom stereocenters. The molecule has 0 aromatic carbocycles. The van der Waals surface area contributed by atoms with Crippen LogP contribution in [-0.4, -0.2) is 31.8 Å². The minimum absolute atomic E-state index is 0.0617. The molecule has 2 aliphatic rings. The summed E-state index contributed by atoms with van der Waals surface area (Å²) in [7, 11) is 0. The molecule has 1 saturated heterocycles. The molecule has 0 bridgehead atoms. The SMILES string of the molecule is O=C(NC[C@H]1CCCO1)NCC1(c2cccs2)CCCC1. The first kappa shape index (κ1) is 14.9. The molecule has 0 spiro atoms. The van der Waals surface area contributed by atoms with Crippen LogP contribution in [0.15, 0.2) is 17.5 Å². The Hall–Kier alpha value is -1.07. The molecule has 1 saturated carbocycles. The van der Waals surface area contributed by atoms with E-state index >= 15 is 0 Å². The Morgan fingerprint density at radius 1 is 1.33 bits per heavy atom. The van der Waals surface area contributed by atoms with Gasteiger partial charge in [0.1, 0.15) is 0 Å². The minimum atomic E-state index is -0.0617. The van der Waals surface area contributed by atoms with Crippen LogP contribution in [0.25, 0.3) is 0 Å². The largest absolute Gasteiger partial charge is 0.376 e. The zero-order chi connectivity index (χ0) is 14.5. The molecule has 1 aliphatic heterocycles. The summed E-state index contributed by atoms with van der Waals surface area (Å²) in [5.74, 6) is 0. The first-order valence-corrected chi connectivity index (χ1v) is 8.84. The molecule has 1 aromatic heterocycles. The van der Waals surface area contributed by atoms with E-state index in [1.54, 1.807) is 0 Å². The summed E-state index contributed by atoms with van der Waals surface area (Å²) in [6, 6.07) is 4.26. The van der Waals surface area contributed by atoms with Crippen molar-refractivity contribution in [2.75, 3.05) is 19.7 Å². The predicted molar refractivity (Wildman–Crippen MR) is 84.8 cm³/mol. The minimum Gasteiger partial charge on any atom is -0.376 e. The van der Waals surface area contributed by atoms with Crippen molar-refractivity contribution in [3.63, 3.8) is 0 Å². The van der Waals surface area contributed by atoms with E-state index < -0.39 is 0 Å². The highest BCUT2D eigenvalue weighted by atomic mass is 32.1. The predicted octanol–water partition coefficient (Wildman–Crippen LogP) is 3.04. The molecule has 4 nitrogen and oxygen atoms in total. The molecule has 21 heavy (non-hydrogen) atoms. The lowest BCUT2D eigenvalue weighted by molar-refractivity contribution is 0.111. The average molecular weight is 308 g/mol. The quantitative estimate of drug-likeness (QED) is 0.878. The van der Waals surface area contributed by atoms with Crippen LogP contribution >= 0.6 is 11.3 Å². The molecule has 5 heteroatoms. The number of nitrogens with one attached hydrogen (secondary N) is 2. The number of carbonyl (C=O) groups excluding carboxylic acids is 1. The van der Waals surface area contributed by atoms with E-state index in [9.17, 15) is 4.79 Å². The van der Waals surface area contributed by atoms with Gasteiger partial charge in [-0.25, -0.2) is 4.79 Å². The van der Waals surface area contributed by atoms with Gasteiger partial charge in [-0.1, -0.05) is 18.9 Å². The number of urea groups is 1. The molecule has 0 radical (unpaired) electrons. The highest BCUT2D eigenvalue weighted by Crippen LogP contribution is 2.42. The summed E-state index contributed by atoms with van der Waals surface area (Å²) in [5.41, 5.74) is 0.162. The molecule has 1 aromatic rings. The third-order valence-corrected chi connectivity index (χ3v) is 5.82. The van der Waals surface area contributed by atoms with Crippen LogP contribution in [0.4, 0.5) is 4.79 Å². The van der Waals surface area contributed by atoms with E-state index in [-0.39, 0.29) is 17.6 Å². The van der Waals surface area contributed by atoms with Gasteiger partial charge in [-0.3, -0.25) is 0 Å². The van der Waals surface area contributed by atoms with Crippen LogP contribution in [0.5, 0.6) is 0 Å². The lowest BCUT2D eigenvalue weighted by Gasteiger charge is -2.28. The first-order chi connectivity index (χ1) is 10.3. The Morgan fingerprint density at radius 3 is 2.86 bits per heavy atom. The van der Waals surface area contributed by atoms with Crippen LogP contribution < -0.4 is 10.6 Å². The van der Waals surface area contributed by atoms with Crippen molar-refractivity contribution in [1.82, 2.24) is 10.6 Å². The maximum absolute atomic E-state index is 12.0. The number of rotatable bonds is 5. The smallest absolute Gasteiger partial charge is 0.314 e. The van der Waals surface area contributed by atoms with Gasteiger partial charge in [0.25, 0.3) is 0 Å². The summed E-state index contributed by atoms with van der Waals surface area (Å²) in [6.45, 7) is 2.19. The van der Waals surface area contributed by atoms with Gasteiger partial charge in [0.2, 0.25) is 0 Å². The third-order valence-electron chi connectivity index (χ3n) is 4.71. The second kappa shape index (κ2) is 6.79. The van der Waals surface area contributed by atoms with Crippen LogP contribution in [0, 0.1) is 0 Å². The fourth-order valence-electron chi connectivity index (χ4n) is 3.47. The van der Waals surface area contributed by atoms with Gasteiger partial charge < -0.3 is 15.4 Å². The molecular formula is C16H24N2O2S. The van der Waals surface area contributed by atoms with E-state index in [0.717, 1.165) is 26.0 Å². The Balaban J connectivity index is 1.49. The first-order valence-electron chi connectivity index (χ1n) is 7.96. The van der Waals surface area contributed by atoms with Crippen molar-refractivity contribution < 1.29 is 9.53 Å². The summed E-state index contributed by atoms with van der Waals surface area (Å²) in [6.07, 6.45) is 7.25. The van der Waals surface area contributed by atoms with Crippen molar-refractivity contribution in [3.05, 3.63) is 22.4 Å². The highest BCUT2D eigenvalue weighted by molar-refractivity contribution is 7.10. The van der Waals surface area contributed by atoms with Crippen LogP contribution in [0.1, 0.15) is 43.4 Å². The molecule has 2 fully saturated rings. The molecule has 116 valence electrons. The molecule has 2 heterocycles. The molecule has 0 unspecified atom stereocenters. The van der Waals surface area contributed by atoms with Crippen molar-refractivity contribution in [2.24, 2.45) is 0 Å². The maximum Gasteiger partial charge on any atom is 0.314 e. The van der Waals surface area contributed by atoms with E-state index in [1.807, 2.05) is 11.3 Å². The third kappa shape index (κ3) is 3.58. The molecule has 2 amide bonds. The molecule has 1 aliphatic carbocycles. The fourth-order valence-corrected chi connectivity index (χ4v) is 4.45. The molecule has 3 rings (SSSR count). The van der Waals surface area contributed by atoms with E-state index in [4.69, 9.17) is 4.74 Å².